The maximum absolute atomic E-state index is 11.8. The van der Waals surface area contributed by atoms with Gasteiger partial charge in [-0.15, -0.1) is 0 Å². The molecular weight excluding hydrogens is 392 g/mol. The fourth-order valence-corrected chi connectivity index (χ4v) is 3.94. The molecule has 170 valence electrons. The van der Waals surface area contributed by atoms with Gasteiger partial charge in [-0.3, -0.25) is 9.59 Å². The van der Waals surface area contributed by atoms with Gasteiger partial charge in [-0.1, -0.05) is 123 Å². The molecule has 0 radical (unpaired) electrons. The van der Waals surface area contributed by atoms with Crippen LogP contribution < -0.4 is 0 Å². The monoisotopic (exact) mass is 440 g/mol. The second-order valence-electron chi connectivity index (χ2n) is 8.50. The molecule has 0 saturated carbocycles. The molecule has 0 rings (SSSR count). The van der Waals surface area contributed by atoms with Crippen molar-refractivity contribution >= 4 is 49.7 Å². The zero-order valence-electron chi connectivity index (χ0n) is 18.6. The summed E-state index contributed by atoms with van der Waals surface area (Å²) in [5.41, 5.74) is -1.58. The normalized spacial score (nSPS) is 11.2. The summed E-state index contributed by atoms with van der Waals surface area (Å²) in [6.07, 6.45) is 19.7. The van der Waals surface area contributed by atoms with Gasteiger partial charge in [0, 0.05) is 0 Å². The molecule has 0 aromatic heterocycles. The van der Waals surface area contributed by atoms with Gasteiger partial charge < -0.3 is 10.2 Å². The minimum absolute atomic E-state index is 0. The van der Waals surface area contributed by atoms with E-state index >= 15 is 0 Å². The summed E-state index contributed by atoms with van der Waals surface area (Å²) >= 11 is 0. The third-order valence-corrected chi connectivity index (χ3v) is 5.98. The Hall–Kier alpha value is 0.200. The molecule has 5 heteroatoms. The number of carboxylic acid groups (broad SMARTS) is 2. The molecule has 0 aliphatic carbocycles. The molecule has 4 nitrogen and oxygen atoms in total. The first-order valence-corrected chi connectivity index (χ1v) is 12.0. The zero-order valence-corrected chi connectivity index (χ0v) is 18.6. The number of carbonyl (C=O) groups is 2. The summed E-state index contributed by atoms with van der Waals surface area (Å²) in [6, 6.07) is 0. The first-order valence-electron chi connectivity index (χ1n) is 12.0. The van der Waals surface area contributed by atoms with E-state index in [2.05, 4.69) is 13.8 Å². The van der Waals surface area contributed by atoms with Crippen LogP contribution in [0.1, 0.15) is 136 Å². The van der Waals surface area contributed by atoms with Gasteiger partial charge in [-0.2, -0.15) is 0 Å². The van der Waals surface area contributed by atoms with Gasteiger partial charge in [0.25, 0.3) is 0 Å². The van der Waals surface area contributed by atoms with Crippen molar-refractivity contribution < 1.29 is 19.8 Å². The Morgan fingerprint density at radius 3 is 1.00 bits per heavy atom. The van der Waals surface area contributed by atoms with Crippen molar-refractivity contribution in [2.45, 2.75) is 136 Å². The van der Waals surface area contributed by atoms with Crippen molar-refractivity contribution in [2.75, 3.05) is 0 Å². The molecule has 0 aromatic rings. The van der Waals surface area contributed by atoms with E-state index in [-0.39, 0.29) is 50.6 Å². The van der Waals surface area contributed by atoms with Crippen molar-refractivity contribution in [1.82, 2.24) is 0 Å². The van der Waals surface area contributed by atoms with E-state index in [4.69, 9.17) is 0 Å². The van der Waals surface area contributed by atoms with Gasteiger partial charge in [-0.05, 0) is 12.8 Å². The topological polar surface area (TPSA) is 74.6 Å². The van der Waals surface area contributed by atoms with E-state index in [1.807, 2.05) is 0 Å². The predicted molar refractivity (Wildman–Crippen MR) is 125 cm³/mol. The summed E-state index contributed by atoms with van der Waals surface area (Å²) < 4.78 is 0. The molecule has 29 heavy (non-hydrogen) atoms. The molecule has 0 aromatic carbocycles. The first kappa shape index (κ1) is 31.4. The molecule has 2 N–H and O–H groups in total. The van der Waals surface area contributed by atoms with Crippen molar-refractivity contribution in [1.29, 1.82) is 0 Å². The quantitative estimate of drug-likeness (QED) is 0.119. The molecule has 0 unspecified atom stereocenters. The van der Waals surface area contributed by atoms with Gasteiger partial charge in [0.2, 0.25) is 0 Å². The fraction of sp³-hybridized carbons (Fsp3) is 0.917. The molecule has 0 saturated heterocycles. The van der Waals surface area contributed by atoms with Crippen molar-refractivity contribution in [3.05, 3.63) is 0 Å². The summed E-state index contributed by atoms with van der Waals surface area (Å²) in [5, 5.41) is 19.3. The number of hydrogen-bond donors (Lipinski definition) is 2. The van der Waals surface area contributed by atoms with Crippen LogP contribution in [0.15, 0.2) is 0 Å². The Bertz CT molecular complexity index is 384. The first-order chi connectivity index (χ1) is 13.5. The Morgan fingerprint density at radius 1 is 0.517 bits per heavy atom. The van der Waals surface area contributed by atoms with Crippen LogP contribution in [0.3, 0.4) is 0 Å². The van der Waals surface area contributed by atoms with Crippen molar-refractivity contribution in [3.8, 4) is 0 Å². The van der Waals surface area contributed by atoms with E-state index in [1.165, 1.54) is 70.6 Å². The van der Waals surface area contributed by atoms with Gasteiger partial charge in [0.15, 0.2) is 5.41 Å². The fourth-order valence-electron chi connectivity index (χ4n) is 3.94. The number of carboxylic acids is 2. The van der Waals surface area contributed by atoms with E-state index in [1.54, 1.807) is 0 Å². The second kappa shape index (κ2) is 21.4. The van der Waals surface area contributed by atoms with E-state index in [9.17, 15) is 19.8 Å². The zero-order chi connectivity index (χ0) is 21.1. The van der Waals surface area contributed by atoms with E-state index in [0.717, 1.165) is 25.7 Å². The Kier molecular flexibility index (Phi) is 23.2. The van der Waals surface area contributed by atoms with Gasteiger partial charge in [0.1, 0.15) is 0 Å². The number of rotatable bonds is 21. The Labute approximate surface area is 209 Å². The summed E-state index contributed by atoms with van der Waals surface area (Å²) in [6.45, 7) is 4.41. The van der Waals surface area contributed by atoms with Crippen LogP contribution in [0.25, 0.3) is 0 Å². The van der Waals surface area contributed by atoms with Crippen molar-refractivity contribution in [3.63, 3.8) is 0 Å². The van der Waals surface area contributed by atoms with E-state index < -0.39 is 17.4 Å². The molecule has 0 aliphatic rings. The minimum atomic E-state index is -1.58. The van der Waals surface area contributed by atoms with Gasteiger partial charge in [0.05, 0.1) is 0 Å². The standard InChI is InChI=1S/C24H46O4.Ca.2H/c1-3-5-7-9-11-12-13-15-17-19-21-24(22(25)26,23(27)28)20-18-16-14-10-8-6-4-2;;;/h3-21H2,1-2H3,(H,25,26)(H,27,28);;;. The van der Waals surface area contributed by atoms with Crippen LogP contribution in [0.2, 0.25) is 0 Å². The number of hydrogen-bond acceptors (Lipinski definition) is 2. The van der Waals surface area contributed by atoms with E-state index in [0.29, 0.717) is 12.8 Å². The SMILES string of the molecule is CCCCCCCCCCCCC(CCCCCCCCC)(C(=O)O)C(=O)O.[CaH2]. The second-order valence-corrected chi connectivity index (χ2v) is 8.50. The molecule has 0 heterocycles. The number of aliphatic carboxylic acids is 2. The third kappa shape index (κ3) is 15.6. The van der Waals surface area contributed by atoms with Crippen LogP contribution >= 0.6 is 0 Å². The summed E-state index contributed by atoms with van der Waals surface area (Å²) in [7, 11) is 0. The van der Waals surface area contributed by atoms with Crippen LogP contribution in [-0.2, 0) is 9.59 Å². The molecular formula is C24H48CaO4. The van der Waals surface area contributed by atoms with Crippen LogP contribution in [0, 0.1) is 5.41 Å². The van der Waals surface area contributed by atoms with Crippen LogP contribution in [-0.4, -0.2) is 59.9 Å². The average Bonchev–Trinajstić information content (AvgIpc) is 2.66. The molecule has 0 atom stereocenters. The Morgan fingerprint density at radius 2 is 0.759 bits per heavy atom. The third-order valence-electron chi connectivity index (χ3n) is 5.98. The van der Waals surface area contributed by atoms with Crippen LogP contribution in [0.4, 0.5) is 0 Å². The Balaban J connectivity index is 0. The average molecular weight is 441 g/mol. The van der Waals surface area contributed by atoms with Gasteiger partial charge in [-0.25, -0.2) is 0 Å². The summed E-state index contributed by atoms with van der Waals surface area (Å²) in [5.74, 6) is -2.30. The molecule has 0 bridgehead atoms. The maximum atomic E-state index is 11.8. The predicted octanol–water partition coefficient (Wildman–Crippen LogP) is 6.68. The molecule has 0 amide bonds. The van der Waals surface area contributed by atoms with Crippen LogP contribution in [0.5, 0.6) is 0 Å². The summed E-state index contributed by atoms with van der Waals surface area (Å²) in [4.78, 5) is 23.6. The molecule has 0 aliphatic heterocycles. The molecule has 0 spiro atoms. The van der Waals surface area contributed by atoms with Gasteiger partial charge >= 0.3 is 49.7 Å². The molecule has 0 fully saturated rings. The van der Waals surface area contributed by atoms with Crippen molar-refractivity contribution in [2.24, 2.45) is 5.41 Å². The number of unbranched alkanes of at least 4 members (excludes halogenated alkanes) is 15.